The molecule has 1 aromatic rings. The van der Waals surface area contributed by atoms with E-state index in [1.807, 2.05) is 5.32 Å². The van der Waals surface area contributed by atoms with E-state index in [1.165, 1.54) is 0 Å². The van der Waals surface area contributed by atoms with Crippen LogP contribution in [0.4, 0.5) is 15.0 Å². The third kappa shape index (κ3) is 3.92. The molecule has 2 rings (SSSR count). The summed E-state index contributed by atoms with van der Waals surface area (Å²) in [4.78, 5) is 23.5. The van der Waals surface area contributed by atoms with Gasteiger partial charge < -0.3 is 0 Å². The zero-order valence-corrected chi connectivity index (χ0v) is 11.4. The van der Waals surface area contributed by atoms with Gasteiger partial charge in [-0.05, 0) is 0 Å². The van der Waals surface area contributed by atoms with Crippen molar-refractivity contribution < 1.29 is 27.0 Å². The Labute approximate surface area is 118 Å². The molecule has 0 radical (unpaired) electrons. The van der Waals surface area contributed by atoms with Gasteiger partial charge in [0.15, 0.2) is 11.6 Å². The van der Waals surface area contributed by atoms with Gasteiger partial charge >= 0.3 is 6.03 Å². The van der Waals surface area contributed by atoms with Crippen molar-refractivity contribution in [1.82, 2.24) is 15.5 Å². The van der Waals surface area contributed by atoms with Gasteiger partial charge in [0.1, 0.15) is 0 Å². The lowest BCUT2D eigenvalue weighted by atomic mass is 10.2. The second-order valence-corrected chi connectivity index (χ2v) is 5.87. The van der Waals surface area contributed by atoms with Crippen LogP contribution >= 0.6 is 0 Å². The van der Waals surface area contributed by atoms with Crippen molar-refractivity contribution in [2.45, 2.75) is 12.8 Å². The molecule has 2 heterocycles. The van der Waals surface area contributed by atoms with Crippen LogP contribution in [-0.4, -0.2) is 47.4 Å². The van der Waals surface area contributed by atoms with Crippen LogP contribution in [0.25, 0.3) is 0 Å². The zero-order chi connectivity index (χ0) is 15.6. The van der Waals surface area contributed by atoms with Crippen molar-refractivity contribution in [3.8, 4) is 0 Å². The number of urea groups is 1. The van der Waals surface area contributed by atoms with Crippen molar-refractivity contribution in [1.29, 1.82) is 0 Å². The van der Waals surface area contributed by atoms with Crippen LogP contribution < -0.4 is 10.2 Å². The van der Waals surface area contributed by atoms with Gasteiger partial charge in [0, 0.05) is 25.5 Å². The van der Waals surface area contributed by atoms with E-state index in [2.05, 4.69) is 10.2 Å². The zero-order valence-electron chi connectivity index (χ0n) is 10.6. The molecule has 0 saturated carbocycles. The Morgan fingerprint density at radius 3 is 2.67 bits per heavy atom. The molecule has 1 aliphatic heterocycles. The standard InChI is InChI=1S/C10H11FN4O5S/c11-7-5-6(2-4-21(18,19)20)13-14-9(7)15-3-1-8(16)12-10(15)17/h5H,1-4H2,(H,12,16,17)(H,18,19,20). The monoisotopic (exact) mass is 318 g/mol. The lowest BCUT2D eigenvalue weighted by Gasteiger charge is -2.25. The molecule has 3 amide bonds. The van der Waals surface area contributed by atoms with Crippen LogP contribution in [0.5, 0.6) is 0 Å². The van der Waals surface area contributed by atoms with Crippen LogP contribution in [0.3, 0.4) is 0 Å². The van der Waals surface area contributed by atoms with Crippen molar-refractivity contribution in [2.75, 3.05) is 17.2 Å². The number of hydrogen-bond donors (Lipinski definition) is 2. The van der Waals surface area contributed by atoms with Gasteiger partial charge in [-0.2, -0.15) is 13.5 Å². The highest BCUT2D eigenvalue weighted by Crippen LogP contribution is 2.18. The van der Waals surface area contributed by atoms with Crippen LogP contribution in [0.2, 0.25) is 0 Å². The molecular formula is C10H11FN4O5S. The van der Waals surface area contributed by atoms with Gasteiger partial charge in [0.25, 0.3) is 10.1 Å². The normalized spacial score (nSPS) is 16.0. The molecule has 0 aromatic carbocycles. The molecule has 0 bridgehead atoms. The predicted octanol–water partition coefficient (Wildman–Crippen LogP) is -0.508. The minimum Gasteiger partial charge on any atom is -0.286 e. The average Bonchev–Trinajstić information content (AvgIpc) is 2.37. The lowest BCUT2D eigenvalue weighted by Crippen LogP contribution is -2.50. The molecule has 1 fully saturated rings. The Hall–Kier alpha value is -2.14. The SMILES string of the molecule is O=C1CCN(c2nnc(CCS(=O)(=O)O)cc2F)C(=O)N1. The number of anilines is 1. The maximum atomic E-state index is 13.9. The number of halogens is 1. The molecule has 9 nitrogen and oxygen atoms in total. The van der Waals surface area contributed by atoms with Gasteiger partial charge in [-0.15, -0.1) is 5.10 Å². The number of imide groups is 1. The fourth-order valence-electron chi connectivity index (χ4n) is 1.70. The first kappa shape index (κ1) is 15.3. The van der Waals surface area contributed by atoms with Gasteiger partial charge in [0.05, 0.1) is 11.4 Å². The van der Waals surface area contributed by atoms with E-state index in [1.54, 1.807) is 0 Å². The first-order valence-electron chi connectivity index (χ1n) is 5.85. The Morgan fingerprint density at radius 2 is 2.10 bits per heavy atom. The maximum Gasteiger partial charge on any atom is 0.329 e. The number of nitrogens with one attached hydrogen (secondary N) is 1. The van der Waals surface area contributed by atoms with Gasteiger partial charge in [-0.1, -0.05) is 0 Å². The molecule has 0 spiro atoms. The molecule has 114 valence electrons. The smallest absolute Gasteiger partial charge is 0.286 e. The topological polar surface area (TPSA) is 130 Å². The molecule has 0 atom stereocenters. The second-order valence-electron chi connectivity index (χ2n) is 4.30. The van der Waals surface area contributed by atoms with E-state index >= 15 is 0 Å². The maximum absolute atomic E-state index is 13.9. The number of nitrogens with zero attached hydrogens (tertiary/aromatic N) is 3. The van der Waals surface area contributed by atoms with E-state index in [9.17, 15) is 22.4 Å². The van der Waals surface area contributed by atoms with Crippen LogP contribution in [0.15, 0.2) is 6.07 Å². The summed E-state index contributed by atoms with van der Waals surface area (Å²) in [6.45, 7) is -0.0272. The number of hydrogen-bond acceptors (Lipinski definition) is 6. The molecule has 11 heteroatoms. The number of aryl methyl sites for hydroxylation is 1. The summed E-state index contributed by atoms with van der Waals surface area (Å²) >= 11 is 0. The van der Waals surface area contributed by atoms with E-state index in [0.29, 0.717) is 0 Å². The van der Waals surface area contributed by atoms with Crippen LogP contribution in [0.1, 0.15) is 12.1 Å². The predicted molar refractivity (Wildman–Crippen MR) is 67.6 cm³/mol. The quantitative estimate of drug-likeness (QED) is 0.715. The average molecular weight is 318 g/mol. The molecular weight excluding hydrogens is 307 g/mol. The van der Waals surface area contributed by atoms with E-state index < -0.39 is 33.6 Å². The molecule has 21 heavy (non-hydrogen) atoms. The second kappa shape index (κ2) is 5.69. The molecule has 0 unspecified atom stereocenters. The van der Waals surface area contributed by atoms with Crippen molar-refractivity contribution >= 4 is 27.9 Å². The molecule has 0 aliphatic carbocycles. The summed E-state index contributed by atoms with van der Waals surface area (Å²) in [5.41, 5.74) is 0.0161. The number of rotatable bonds is 4. The molecule has 1 saturated heterocycles. The van der Waals surface area contributed by atoms with Crippen molar-refractivity contribution in [3.05, 3.63) is 17.6 Å². The molecule has 1 aliphatic rings. The van der Waals surface area contributed by atoms with Gasteiger partial charge in [-0.25, -0.2) is 9.18 Å². The number of carbonyl (C=O) groups excluding carboxylic acids is 2. The van der Waals surface area contributed by atoms with Gasteiger partial charge in [-0.3, -0.25) is 19.6 Å². The summed E-state index contributed by atoms with van der Waals surface area (Å²) in [6, 6.07) is 0.127. The number of carbonyl (C=O) groups is 2. The van der Waals surface area contributed by atoms with Gasteiger partial charge in [0.2, 0.25) is 5.91 Å². The van der Waals surface area contributed by atoms with E-state index in [4.69, 9.17) is 4.55 Å². The Morgan fingerprint density at radius 1 is 1.38 bits per heavy atom. The highest BCUT2D eigenvalue weighted by molar-refractivity contribution is 7.85. The third-order valence-electron chi connectivity index (χ3n) is 2.71. The Balaban J connectivity index is 2.16. The summed E-state index contributed by atoms with van der Waals surface area (Å²) < 4.78 is 43.7. The van der Waals surface area contributed by atoms with Crippen LogP contribution in [-0.2, 0) is 21.3 Å². The summed E-state index contributed by atoms with van der Waals surface area (Å²) in [5.74, 6) is -2.30. The first-order valence-corrected chi connectivity index (χ1v) is 7.46. The summed E-state index contributed by atoms with van der Waals surface area (Å²) in [7, 11) is -4.18. The fourth-order valence-corrected chi connectivity index (χ4v) is 2.17. The minimum absolute atomic E-state index is 0.0113. The molecule has 2 N–H and O–H groups in total. The molecule has 1 aromatic heterocycles. The lowest BCUT2D eigenvalue weighted by molar-refractivity contribution is -0.120. The largest absolute Gasteiger partial charge is 0.329 e. The Bertz CT molecular complexity index is 693. The third-order valence-corrected chi connectivity index (χ3v) is 3.43. The highest BCUT2D eigenvalue weighted by atomic mass is 32.2. The van der Waals surface area contributed by atoms with E-state index in [0.717, 1.165) is 11.0 Å². The fraction of sp³-hybridized carbons (Fsp3) is 0.400. The van der Waals surface area contributed by atoms with Crippen molar-refractivity contribution in [2.24, 2.45) is 0 Å². The van der Waals surface area contributed by atoms with Crippen LogP contribution in [0, 0.1) is 5.82 Å². The van der Waals surface area contributed by atoms with E-state index in [-0.39, 0.29) is 30.9 Å². The minimum atomic E-state index is -4.18. The highest BCUT2D eigenvalue weighted by Gasteiger charge is 2.28. The first-order chi connectivity index (χ1) is 9.76. The summed E-state index contributed by atoms with van der Waals surface area (Å²) in [5, 5.41) is 9.15. The number of aromatic nitrogens is 2. The number of amides is 3. The summed E-state index contributed by atoms with van der Waals surface area (Å²) in [6.07, 6.45) is -0.203. The van der Waals surface area contributed by atoms with Crippen molar-refractivity contribution in [3.63, 3.8) is 0 Å². The Kier molecular flexibility index (Phi) is 4.14.